The van der Waals surface area contributed by atoms with Gasteiger partial charge in [-0.25, -0.2) is 5.01 Å². The van der Waals surface area contributed by atoms with Crippen molar-refractivity contribution in [1.29, 1.82) is 0 Å². The third kappa shape index (κ3) is 2.29. The molecule has 0 aromatic rings. The van der Waals surface area contributed by atoms with Crippen molar-refractivity contribution >= 4 is 11.6 Å². The lowest BCUT2D eigenvalue weighted by molar-refractivity contribution is -0.135. The first-order valence-corrected chi connectivity index (χ1v) is 6.85. The molecule has 18 heavy (non-hydrogen) atoms. The van der Waals surface area contributed by atoms with E-state index in [1.165, 1.54) is 5.01 Å². The Labute approximate surface area is 108 Å². The molecule has 5 heteroatoms. The minimum atomic E-state index is -0.428. The number of nitrogens with zero attached hydrogens (tertiary/aromatic N) is 2. The van der Waals surface area contributed by atoms with Crippen molar-refractivity contribution in [1.82, 2.24) is 5.01 Å². The first-order chi connectivity index (χ1) is 8.56. The van der Waals surface area contributed by atoms with Crippen molar-refractivity contribution in [3.63, 3.8) is 0 Å². The molecule has 0 aromatic carbocycles. The maximum atomic E-state index is 12.4. The van der Waals surface area contributed by atoms with Crippen LogP contribution in [0.15, 0.2) is 5.10 Å². The van der Waals surface area contributed by atoms with E-state index >= 15 is 0 Å². The maximum absolute atomic E-state index is 12.4. The van der Waals surface area contributed by atoms with Gasteiger partial charge in [0.15, 0.2) is 0 Å². The second-order valence-corrected chi connectivity index (χ2v) is 5.56. The molecule has 0 radical (unpaired) electrons. The average molecular weight is 253 g/mol. The number of aliphatic hydroxyl groups excluding tert-OH is 1. The van der Waals surface area contributed by atoms with Crippen LogP contribution in [0.5, 0.6) is 0 Å². The number of hydrogen-bond donors (Lipinski definition) is 2. The largest absolute Gasteiger partial charge is 0.391 e. The van der Waals surface area contributed by atoms with Gasteiger partial charge in [0.1, 0.15) is 0 Å². The molecule has 3 unspecified atom stereocenters. The zero-order chi connectivity index (χ0) is 13.3. The SMILES string of the molecule is CC(C)C1=NN(C2CCCC2O)C(=O)C1CCN. The Hall–Kier alpha value is -0.940. The van der Waals surface area contributed by atoms with Gasteiger partial charge in [0.25, 0.3) is 5.91 Å². The van der Waals surface area contributed by atoms with Gasteiger partial charge in [-0.1, -0.05) is 13.8 Å². The summed E-state index contributed by atoms with van der Waals surface area (Å²) in [5.74, 6) is 0.0898. The zero-order valence-corrected chi connectivity index (χ0v) is 11.2. The number of aliphatic hydroxyl groups is 1. The van der Waals surface area contributed by atoms with E-state index in [-0.39, 0.29) is 23.8 Å². The standard InChI is InChI=1S/C13H23N3O2/c1-8(2)12-9(6-7-14)13(18)16(15-12)10-4-3-5-11(10)17/h8-11,17H,3-7,14H2,1-2H3. The Bertz CT molecular complexity index is 354. The lowest BCUT2D eigenvalue weighted by atomic mass is 9.91. The maximum Gasteiger partial charge on any atom is 0.251 e. The third-order valence-corrected chi connectivity index (χ3v) is 3.91. The van der Waals surface area contributed by atoms with Crippen LogP contribution in [-0.4, -0.2) is 40.4 Å². The molecule has 1 aliphatic heterocycles. The molecule has 3 N–H and O–H groups in total. The minimum Gasteiger partial charge on any atom is -0.391 e. The number of amides is 1. The van der Waals surface area contributed by atoms with E-state index in [0.29, 0.717) is 13.0 Å². The minimum absolute atomic E-state index is 0.0232. The van der Waals surface area contributed by atoms with Gasteiger partial charge >= 0.3 is 0 Å². The monoisotopic (exact) mass is 253 g/mol. The van der Waals surface area contributed by atoms with Crippen molar-refractivity contribution in [2.24, 2.45) is 22.7 Å². The smallest absolute Gasteiger partial charge is 0.251 e. The van der Waals surface area contributed by atoms with Crippen LogP contribution >= 0.6 is 0 Å². The lowest BCUT2D eigenvalue weighted by Crippen LogP contribution is -2.40. The summed E-state index contributed by atoms with van der Waals surface area (Å²) in [6.07, 6.45) is 2.79. The van der Waals surface area contributed by atoms with Gasteiger partial charge in [-0.2, -0.15) is 5.10 Å². The number of hydrogen-bond acceptors (Lipinski definition) is 4. The molecule has 1 saturated carbocycles. The predicted octanol–water partition coefficient (Wildman–Crippen LogP) is 0.719. The number of nitrogens with two attached hydrogens (primary N) is 1. The van der Waals surface area contributed by atoms with E-state index in [9.17, 15) is 9.90 Å². The number of carbonyl (C=O) groups excluding carboxylic acids is 1. The molecule has 1 amide bonds. The molecule has 5 nitrogen and oxygen atoms in total. The molecule has 1 aliphatic carbocycles. The third-order valence-electron chi connectivity index (χ3n) is 3.91. The van der Waals surface area contributed by atoms with Crippen molar-refractivity contribution in [2.75, 3.05) is 6.54 Å². The molecule has 3 atom stereocenters. The van der Waals surface area contributed by atoms with E-state index in [0.717, 1.165) is 25.0 Å². The van der Waals surface area contributed by atoms with Gasteiger partial charge < -0.3 is 10.8 Å². The molecular formula is C13H23N3O2. The molecule has 1 fully saturated rings. The highest BCUT2D eigenvalue weighted by atomic mass is 16.3. The van der Waals surface area contributed by atoms with Crippen LogP contribution in [0.4, 0.5) is 0 Å². The van der Waals surface area contributed by atoms with E-state index in [2.05, 4.69) is 5.10 Å². The first-order valence-electron chi connectivity index (χ1n) is 6.85. The second-order valence-electron chi connectivity index (χ2n) is 5.56. The fourth-order valence-electron chi connectivity index (χ4n) is 2.93. The van der Waals surface area contributed by atoms with Crippen LogP contribution in [0.2, 0.25) is 0 Å². The van der Waals surface area contributed by atoms with Gasteiger partial charge in [-0.05, 0) is 38.1 Å². The van der Waals surface area contributed by atoms with Gasteiger partial charge in [-0.3, -0.25) is 4.79 Å². The highest BCUT2D eigenvalue weighted by Crippen LogP contribution is 2.31. The van der Waals surface area contributed by atoms with Gasteiger partial charge in [0.2, 0.25) is 0 Å². The summed E-state index contributed by atoms with van der Waals surface area (Å²) in [5.41, 5.74) is 6.50. The summed E-state index contributed by atoms with van der Waals surface area (Å²) in [6, 6.07) is -0.131. The quantitative estimate of drug-likeness (QED) is 0.775. The van der Waals surface area contributed by atoms with Gasteiger partial charge in [0, 0.05) is 0 Å². The lowest BCUT2D eigenvalue weighted by Gasteiger charge is -2.23. The number of carbonyl (C=O) groups is 1. The summed E-state index contributed by atoms with van der Waals surface area (Å²) < 4.78 is 0. The van der Waals surface area contributed by atoms with Crippen LogP contribution in [0.25, 0.3) is 0 Å². The number of hydrazone groups is 1. The summed E-state index contributed by atoms with van der Waals surface area (Å²) >= 11 is 0. The van der Waals surface area contributed by atoms with E-state index in [1.54, 1.807) is 0 Å². The molecular weight excluding hydrogens is 230 g/mol. The highest BCUT2D eigenvalue weighted by Gasteiger charge is 2.42. The second kappa shape index (κ2) is 5.36. The predicted molar refractivity (Wildman–Crippen MR) is 69.9 cm³/mol. The van der Waals surface area contributed by atoms with Crippen molar-refractivity contribution in [3.05, 3.63) is 0 Å². The summed E-state index contributed by atoms with van der Waals surface area (Å²) in [6.45, 7) is 4.58. The van der Waals surface area contributed by atoms with E-state index in [4.69, 9.17) is 5.73 Å². The Morgan fingerprint density at radius 2 is 2.22 bits per heavy atom. The first kappa shape index (κ1) is 13.5. The summed E-state index contributed by atoms with van der Waals surface area (Å²) in [4.78, 5) is 12.4. The fraction of sp³-hybridized carbons (Fsp3) is 0.846. The summed E-state index contributed by atoms with van der Waals surface area (Å²) in [5, 5.41) is 15.9. The van der Waals surface area contributed by atoms with E-state index in [1.807, 2.05) is 13.8 Å². The van der Waals surface area contributed by atoms with Crippen LogP contribution in [-0.2, 0) is 4.79 Å². The van der Waals surface area contributed by atoms with Crippen LogP contribution in [0.3, 0.4) is 0 Å². The van der Waals surface area contributed by atoms with Crippen molar-refractivity contribution in [2.45, 2.75) is 51.7 Å². The van der Waals surface area contributed by atoms with Crippen LogP contribution in [0.1, 0.15) is 39.5 Å². The molecule has 1 heterocycles. The molecule has 2 aliphatic rings. The Morgan fingerprint density at radius 1 is 1.50 bits per heavy atom. The van der Waals surface area contributed by atoms with Crippen LogP contribution < -0.4 is 5.73 Å². The Balaban J connectivity index is 2.19. The fourth-order valence-corrected chi connectivity index (χ4v) is 2.93. The molecule has 102 valence electrons. The molecule has 0 saturated heterocycles. The normalized spacial score (nSPS) is 32.5. The molecule has 0 bridgehead atoms. The Morgan fingerprint density at radius 3 is 2.72 bits per heavy atom. The zero-order valence-electron chi connectivity index (χ0n) is 11.2. The summed E-state index contributed by atoms with van der Waals surface area (Å²) in [7, 11) is 0. The molecule has 0 aromatic heterocycles. The molecule has 0 spiro atoms. The number of rotatable bonds is 4. The van der Waals surface area contributed by atoms with E-state index < -0.39 is 6.10 Å². The molecule has 2 rings (SSSR count). The average Bonchev–Trinajstić information content (AvgIpc) is 2.85. The van der Waals surface area contributed by atoms with Crippen molar-refractivity contribution < 1.29 is 9.90 Å². The topological polar surface area (TPSA) is 78.9 Å². The van der Waals surface area contributed by atoms with Gasteiger partial charge in [0.05, 0.1) is 23.8 Å². The van der Waals surface area contributed by atoms with Crippen molar-refractivity contribution in [3.8, 4) is 0 Å². The van der Waals surface area contributed by atoms with Crippen LogP contribution in [0, 0.1) is 11.8 Å². The van der Waals surface area contributed by atoms with Gasteiger partial charge in [-0.15, -0.1) is 0 Å². The highest BCUT2D eigenvalue weighted by molar-refractivity contribution is 6.08. The Kier molecular flexibility index (Phi) is 4.02.